The molecule has 0 radical (unpaired) electrons. The molecule has 3 N–H and O–H groups in total. The Morgan fingerprint density at radius 2 is 2.19 bits per heavy atom. The molecule has 1 atom stereocenters. The van der Waals surface area contributed by atoms with Crippen LogP contribution in [0.5, 0.6) is 11.5 Å². The quantitative estimate of drug-likeness (QED) is 0.539. The summed E-state index contributed by atoms with van der Waals surface area (Å²) in [6, 6.07) is 3.41. The predicted octanol–water partition coefficient (Wildman–Crippen LogP) is 0.0749. The van der Waals surface area contributed by atoms with Crippen molar-refractivity contribution in [1.29, 1.82) is 0 Å². The highest BCUT2D eigenvalue weighted by molar-refractivity contribution is 5.99. The van der Waals surface area contributed by atoms with Gasteiger partial charge in [-0.25, -0.2) is 4.79 Å². The molecule has 1 aromatic rings. The summed E-state index contributed by atoms with van der Waals surface area (Å²) in [5, 5.41) is 22.3. The van der Waals surface area contributed by atoms with Crippen LogP contribution in [0.15, 0.2) is 18.2 Å². The minimum absolute atomic E-state index is 0.0359. The largest absolute Gasteiger partial charge is 0.504 e. The van der Waals surface area contributed by atoms with Crippen LogP contribution in [0.1, 0.15) is 17.3 Å². The van der Waals surface area contributed by atoms with Gasteiger partial charge in [-0.1, -0.05) is 6.07 Å². The summed E-state index contributed by atoms with van der Waals surface area (Å²) in [5.41, 5.74) is -0.0359. The average molecular weight is 294 g/mol. The first-order chi connectivity index (χ1) is 10.1. The maximum atomic E-state index is 12.5. The van der Waals surface area contributed by atoms with Crippen molar-refractivity contribution < 1.29 is 24.5 Å². The second-order valence-electron chi connectivity index (χ2n) is 4.64. The molecule has 1 aliphatic heterocycles. The number of hydrogen-bond donors (Lipinski definition) is 3. The molecule has 0 aliphatic carbocycles. The summed E-state index contributed by atoms with van der Waals surface area (Å²) in [6.45, 7) is 3.08. The van der Waals surface area contributed by atoms with Gasteiger partial charge < -0.3 is 25.2 Å². The van der Waals surface area contributed by atoms with E-state index >= 15 is 0 Å². The maximum absolute atomic E-state index is 12.5. The number of phenolic OH excluding ortho intramolecular Hbond substituents is 2. The van der Waals surface area contributed by atoms with Gasteiger partial charge in [-0.15, -0.1) is 0 Å². The highest BCUT2D eigenvalue weighted by atomic mass is 16.5. The number of carbonyl (C=O) groups excluding carboxylic acids is 2. The highest BCUT2D eigenvalue weighted by Gasteiger charge is 2.34. The van der Waals surface area contributed by atoms with E-state index in [1.165, 1.54) is 23.1 Å². The number of benzene rings is 1. The lowest BCUT2D eigenvalue weighted by Gasteiger charge is -2.34. The Morgan fingerprint density at radius 1 is 1.43 bits per heavy atom. The van der Waals surface area contributed by atoms with E-state index in [0.717, 1.165) is 0 Å². The van der Waals surface area contributed by atoms with Crippen molar-refractivity contribution >= 4 is 11.9 Å². The number of nitrogens with one attached hydrogen (secondary N) is 1. The van der Waals surface area contributed by atoms with Crippen LogP contribution in [0.25, 0.3) is 0 Å². The van der Waals surface area contributed by atoms with Crippen molar-refractivity contribution in [3.8, 4) is 11.5 Å². The van der Waals surface area contributed by atoms with Crippen molar-refractivity contribution in [2.45, 2.75) is 13.0 Å². The van der Waals surface area contributed by atoms with E-state index in [-0.39, 0.29) is 17.9 Å². The first-order valence-corrected chi connectivity index (χ1v) is 6.75. The summed E-state index contributed by atoms with van der Waals surface area (Å²) < 4.78 is 4.97. The third kappa shape index (κ3) is 3.08. The fraction of sp³-hybridized carbons (Fsp3) is 0.429. The number of amides is 1. The second-order valence-corrected chi connectivity index (χ2v) is 4.64. The van der Waals surface area contributed by atoms with Crippen molar-refractivity contribution in [2.75, 3.05) is 26.2 Å². The number of aromatic hydroxyl groups is 2. The van der Waals surface area contributed by atoms with Gasteiger partial charge in [-0.3, -0.25) is 4.79 Å². The standard InChI is InChI=1S/C14H18N2O5/c1-2-21-14(20)10-8-15-6-7-16(10)13(19)9-4-3-5-11(17)12(9)18/h3-5,10,15,17-18H,2,6-8H2,1H3. The fourth-order valence-electron chi connectivity index (χ4n) is 2.26. The zero-order valence-corrected chi connectivity index (χ0v) is 11.7. The number of piperazine rings is 1. The molecule has 0 saturated carbocycles. The molecule has 1 amide bonds. The lowest BCUT2D eigenvalue weighted by Crippen LogP contribution is -2.57. The van der Waals surface area contributed by atoms with E-state index in [4.69, 9.17) is 4.74 Å². The van der Waals surface area contributed by atoms with Crippen molar-refractivity contribution in [1.82, 2.24) is 10.2 Å². The minimum atomic E-state index is -0.743. The van der Waals surface area contributed by atoms with Crippen LogP contribution < -0.4 is 5.32 Å². The number of phenols is 2. The molecule has 1 unspecified atom stereocenters. The van der Waals surface area contributed by atoms with Gasteiger partial charge in [0.15, 0.2) is 11.5 Å². The molecule has 21 heavy (non-hydrogen) atoms. The maximum Gasteiger partial charge on any atom is 0.330 e. The van der Waals surface area contributed by atoms with E-state index < -0.39 is 23.7 Å². The molecule has 1 saturated heterocycles. The summed E-state index contributed by atoms with van der Waals surface area (Å²) in [4.78, 5) is 25.8. The molecule has 1 fully saturated rings. The molecule has 114 valence electrons. The summed E-state index contributed by atoms with van der Waals surface area (Å²) in [7, 11) is 0. The van der Waals surface area contributed by atoms with Crippen molar-refractivity contribution in [2.24, 2.45) is 0 Å². The van der Waals surface area contributed by atoms with Gasteiger partial charge in [0.25, 0.3) is 5.91 Å². The smallest absolute Gasteiger partial charge is 0.330 e. The van der Waals surface area contributed by atoms with Gasteiger partial charge in [0, 0.05) is 19.6 Å². The van der Waals surface area contributed by atoms with Crippen LogP contribution in [0, 0.1) is 0 Å². The van der Waals surface area contributed by atoms with Crippen molar-refractivity contribution in [3.05, 3.63) is 23.8 Å². The SMILES string of the molecule is CCOC(=O)C1CNCCN1C(=O)c1cccc(O)c1O. The zero-order valence-electron chi connectivity index (χ0n) is 11.7. The van der Waals surface area contributed by atoms with Gasteiger partial charge in [0.1, 0.15) is 6.04 Å². The lowest BCUT2D eigenvalue weighted by atomic mass is 10.1. The molecule has 1 aliphatic rings. The molecule has 0 spiro atoms. The Labute approximate surface area is 122 Å². The third-order valence-corrected chi connectivity index (χ3v) is 3.31. The predicted molar refractivity (Wildman–Crippen MR) is 74.1 cm³/mol. The van der Waals surface area contributed by atoms with E-state index in [1.54, 1.807) is 6.92 Å². The summed E-state index contributed by atoms with van der Waals surface area (Å²) in [5.74, 6) is -1.85. The van der Waals surface area contributed by atoms with Crippen LogP contribution in [0.3, 0.4) is 0 Å². The fourth-order valence-corrected chi connectivity index (χ4v) is 2.26. The summed E-state index contributed by atoms with van der Waals surface area (Å²) >= 11 is 0. The Morgan fingerprint density at radius 3 is 2.90 bits per heavy atom. The molecule has 0 bridgehead atoms. The van der Waals surface area contributed by atoms with Gasteiger partial charge in [-0.05, 0) is 19.1 Å². The number of para-hydroxylation sites is 1. The molecule has 7 heteroatoms. The van der Waals surface area contributed by atoms with Crippen LogP contribution in [0.2, 0.25) is 0 Å². The number of carbonyl (C=O) groups is 2. The first kappa shape index (κ1) is 15.1. The van der Waals surface area contributed by atoms with Crippen LogP contribution >= 0.6 is 0 Å². The van der Waals surface area contributed by atoms with Crippen LogP contribution in [0.4, 0.5) is 0 Å². The van der Waals surface area contributed by atoms with Crippen molar-refractivity contribution in [3.63, 3.8) is 0 Å². The van der Waals surface area contributed by atoms with E-state index in [1.807, 2.05) is 0 Å². The Bertz CT molecular complexity index is 546. The number of rotatable bonds is 3. The molecule has 2 rings (SSSR count). The average Bonchev–Trinajstić information content (AvgIpc) is 2.49. The molecule has 1 aromatic carbocycles. The zero-order chi connectivity index (χ0) is 15.4. The molecular formula is C14H18N2O5. The third-order valence-electron chi connectivity index (χ3n) is 3.31. The van der Waals surface area contributed by atoms with Crippen LogP contribution in [-0.4, -0.2) is 59.3 Å². The Hall–Kier alpha value is -2.28. The van der Waals surface area contributed by atoms with Crippen LogP contribution in [-0.2, 0) is 9.53 Å². The number of esters is 1. The molecule has 0 aromatic heterocycles. The number of hydrogen-bond acceptors (Lipinski definition) is 6. The number of nitrogens with zero attached hydrogens (tertiary/aromatic N) is 1. The van der Waals surface area contributed by atoms with E-state index in [0.29, 0.717) is 19.6 Å². The number of ether oxygens (including phenoxy) is 1. The first-order valence-electron chi connectivity index (χ1n) is 6.75. The minimum Gasteiger partial charge on any atom is -0.504 e. The monoisotopic (exact) mass is 294 g/mol. The normalized spacial score (nSPS) is 18.3. The van der Waals surface area contributed by atoms with E-state index in [9.17, 15) is 19.8 Å². The Balaban J connectivity index is 2.26. The Kier molecular flexibility index (Phi) is 4.64. The lowest BCUT2D eigenvalue weighted by molar-refractivity contribution is -0.149. The summed E-state index contributed by atoms with van der Waals surface area (Å²) in [6.07, 6.45) is 0. The van der Waals surface area contributed by atoms with Gasteiger partial charge >= 0.3 is 5.97 Å². The second kappa shape index (κ2) is 6.45. The molecule has 7 nitrogen and oxygen atoms in total. The molecule has 1 heterocycles. The molecular weight excluding hydrogens is 276 g/mol. The highest BCUT2D eigenvalue weighted by Crippen LogP contribution is 2.29. The van der Waals surface area contributed by atoms with Gasteiger partial charge in [0.05, 0.1) is 12.2 Å². The van der Waals surface area contributed by atoms with E-state index in [2.05, 4.69) is 5.32 Å². The van der Waals surface area contributed by atoms with Gasteiger partial charge in [-0.2, -0.15) is 0 Å². The van der Waals surface area contributed by atoms with Gasteiger partial charge in [0.2, 0.25) is 0 Å². The topological polar surface area (TPSA) is 99.1 Å².